The van der Waals surface area contributed by atoms with Gasteiger partial charge < -0.3 is 5.11 Å². The van der Waals surface area contributed by atoms with E-state index in [4.69, 9.17) is 5.11 Å². The smallest absolute Gasteiger partial charge is 0.320 e. The van der Waals surface area contributed by atoms with Crippen molar-refractivity contribution in [2.75, 3.05) is 0 Å². The molecule has 0 saturated heterocycles. The average Bonchev–Trinajstić information content (AvgIpc) is 1.65. The van der Waals surface area contributed by atoms with Gasteiger partial charge in [0, 0.05) is 6.42 Å². The fourth-order valence-electron chi connectivity index (χ4n) is 0.620. The molecule has 1 aliphatic carbocycles. The van der Waals surface area contributed by atoms with Crippen molar-refractivity contribution in [1.29, 1.82) is 0 Å². The molecular weight excluding hydrogens is 156 g/mol. The van der Waals surface area contributed by atoms with Crippen molar-refractivity contribution in [2.45, 2.75) is 23.6 Å². The Morgan fingerprint density at radius 3 is 1.89 bits per heavy atom. The summed E-state index contributed by atoms with van der Waals surface area (Å²) in [4.78, 5) is 0. The van der Waals surface area contributed by atoms with Crippen LogP contribution in [0.5, 0.6) is 0 Å². The number of aliphatic hydroxyl groups excluding tert-OH is 1. The van der Waals surface area contributed by atoms with Crippen molar-refractivity contribution >= 4 is 11.6 Å². The second-order valence-corrected chi connectivity index (χ2v) is 2.65. The predicted molar refractivity (Wildman–Crippen MR) is 25.3 cm³/mol. The fraction of sp³-hybridized carbons (Fsp3) is 1.00. The molecule has 1 fully saturated rings. The van der Waals surface area contributed by atoms with Gasteiger partial charge in [-0.15, -0.1) is 0 Å². The van der Waals surface area contributed by atoms with Crippen LogP contribution in [0.25, 0.3) is 0 Å². The van der Waals surface area contributed by atoms with Crippen LogP contribution in [0, 0.1) is 0 Å². The third-order valence-corrected chi connectivity index (χ3v) is 1.76. The van der Waals surface area contributed by atoms with Crippen molar-refractivity contribution in [3.05, 3.63) is 0 Å². The minimum absolute atomic E-state index is 0.693. The van der Waals surface area contributed by atoms with E-state index in [9.17, 15) is 13.2 Å². The Morgan fingerprint density at radius 1 is 1.44 bits per heavy atom. The summed E-state index contributed by atoms with van der Waals surface area (Å²) >= 11 is 4.61. The first-order valence-electron chi connectivity index (χ1n) is 2.31. The lowest BCUT2D eigenvalue weighted by molar-refractivity contribution is -0.245. The van der Waals surface area contributed by atoms with Gasteiger partial charge in [-0.3, -0.25) is 0 Å². The molecule has 0 spiro atoms. The summed E-state index contributed by atoms with van der Waals surface area (Å²) in [7, 11) is 0. The summed E-state index contributed by atoms with van der Waals surface area (Å²) < 4.78 is 36.0. The Bertz CT molecular complexity index is 136. The lowest BCUT2D eigenvalue weighted by Gasteiger charge is -2.41. The molecule has 54 valence electrons. The molecular formula is C4H4ClF3O. The van der Waals surface area contributed by atoms with Crippen molar-refractivity contribution in [1.82, 2.24) is 0 Å². The van der Waals surface area contributed by atoms with Gasteiger partial charge in [-0.1, -0.05) is 11.6 Å². The molecule has 2 atom stereocenters. The second kappa shape index (κ2) is 1.55. The molecule has 1 saturated carbocycles. The highest BCUT2D eigenvalue weighted by molar-refractivity contribution is 6.24. The van der Waals surface area contributed by atoms with Gasteiger partial charge in [-0.25, -0.2) is 4.39 Å². The van der Waals surface area contributed by atoms with Crippen LogP contribution in [-0.4, -0.2) is 22.3 Å². The standard InChI is InChI=1S/C4H4ClF3O/c5-3(6)1-2(9)4(3,7)8/h2,9H,1H2/t2-,3-/m1/s1. The van der Waals surface area contributed by atoms with E-state index < -0.39 is 23.6 Å². The average molecular weight is 161 g/mol. The summed E-state index contributed by atoms with van der Waals surface area (Å²) in [5, 5.41) is 5.22. The molecule has 0 bridgehead atoms. The molecule has 1 rings (SSSR count). The summed E-state index contributed by atoms with van der Waals surface area (Å²) in [5.41, 5.74) is 0. The first kappa shape index (κ1) is 7.15. The van der Waals surface area contributed by atoms with Gasteiger partial charge >= 0.3 is 5.92 Å². The minimum atomic E-state index is -3.77. The highest BCUT2D eigenvalue weighted by Gasteiger charge is 2.69. The van der Waals surface area contributed by atoms with Crippen LogP contribution in [-0.2, 0) is 0 Å². The van der Waals surface area contributed by atoms with Crippen LogP contribution in [0.15, 0.2) is 0 Å². The van der Waals surface area contributed by atoms with E-state index in [1.807, 2.05) is 0 Å². The number of rotatable bonds is 0. The maximum absolute atomic E-state index is 12.1. The van der Waals surface area contributed by atoms with Crippen molar-refractivity contribution in [3.63, 3.8) is 0 Å². The Balaban J connectivity index is 2.70. The predicted octanol–water partition coefficient (Wildman–Crippen LogP) is 1.29. The maximum Gasteiger partial charge on any atom is 0.320 e. The van der Waals surface area contributed by atoms with Crippen molar-refractivity contribution < 1.29 is 18.3 Å². The van der Waals surface area contributed by atoms with Crippen molar-refractivity contribution in [2.24, 2.45) is 0 Å². The molecule has 1 aliphatic rings. The zero-order valence-corrected chi connectivity index (χ0v) is 5.00. The molecule has 1 nitrogen and oxygen atoms in total. The maximum atomic E-state index is 12.1. The second-order valence-electron chi connectivity index (χ2n) is 2.05. The molecule has 0 heterocycles. The van der Waals surface area contributed by atoms with E-state index in [0.29, 0.717) is 0 Å². The Labute approximate surface area is 54.4 Å². The number of aliphatic hydroxyl groups is 1. The first-order valence-corrected chi connectivity index (χ1v) is 2.69. The molecule has 9 heavy (non-hydrogen) atoms. The third-order valence-electron chi connectivity index (χ3n) is 1.36. The number of halogens is 4. The molecule has 0 amide bonds. The number of hydrogen-bond donors (Lipinski definition) is 1. The molecule has 0 aliphatic heterocycles. The van der Waals surface area contributed by atoms with Crippen LogP contribution in [0.2, 0.25) is 0 Å². The van der Waals surface area contributed by atoms with Gasteiger partial charge in [0.25, 0.3) is 5.13 Å². The number of alkyl halides is 4. The molecule has 1 N–H and O–H groups in total. The number of hydrogen-bond acceptors (Lipinski definition) is 1. The van der Waals surface area contributed by atoms with Crippen molar-refractivity contribution in [3.8, 4) is 0 Å². The lowest BCUT2D eigenvalue weighted by Crippen LogP contribution is -2.61. The largest absolute Gasteiger partial charge is 0.386 e. The molecule has 0 aromatic rings. The Kier molecular flexibility index (Phi) is 1.23. The normalized spacial score (nSPS) is 48.3. The van der Waals surface area contributed by atoms with Crippen LogP contribution >= 0.6 is 11.6 Å². The summed E-state index contributed by atoms with van der Waals surface area (Å²) in [6, 6.07) is 0. The molecule has 0 unspecified atom stereocenters. The van der Waals surface area contributed by atoms with E-state index >= 15 is 0 Å². The van der Waals surface area contributed by atoms with Crippen LogP contribution in [0.3, 0.4) is 0 Å². The van der Waals surface area contributed by atoms with Gasteiger partial charge in [0.15, 0.2) is 0 Å². The molecule has 0 aromatic carbocycles. The zero-order valence-electron chi connectivity index (χ0n) is 4.24. The van der Waals surface area contributed by atoms with Gasteiger partial charge in [0.1, 0.15) is 6.10 Å². The summed E-state index contributed by atoms with van der Waals surface area (Å²) in [6.07, 6.45) is -2.61. The summed E-state index contributed by atoms with van der Waals surface area (Å²) in [5.74, 6) is -3.77. The molecule has 0 radical (unpaired) electrons. The highest BCUT2D eigenvalue weighted by Crippen LogP contribution is 2.52. The van der Waals surface area contributed by atoms with Gasteiger partial charge in [-0.2, -0.15) is 8.78 Å². The SMILES string of the molecule is O[C@@H]1C[C@](F)(Cl)C1(F)F. The topological polar surface area (TPSA) is 20.2 Å². The molecule has 5 heteroatoms. The van der Waals surface area contributed by atoms with E-state index in [1.165, 1.54) is 0 Å². The minimum Gasteiger partial charge on any atom is -0.386 e. The van der Waals surface area contributed by atoms with E-state index in [2.05, 4.69) is 11.6 Å². The van der Waals surface area contributed by atoms with E-state index in [-0.39, 0.29) is 0 Å². The highest BCUT2D eigenvalue weighted by atomic mass is 35.5. The van der Waals surface area contributed by atoms with E-state index in [1.54, 1.807) is 0 Å². The lowest BCUT2D eigenvalue weighted by atomic mass is 9.88. The Hall–Kier alpha value is 0.0400. The van der Waals surface area contributed by atoms with E-state index in [0.717, 1.165) is 0 Å². The van der Waals surface area contributed by atoms with Gasteiger partial charge in [-0.05, 0) is 0 Å². The quantitative estimate of drug-likeness (QED) is 0.530. The van der Waals surface area contributed by atoms with Crippen LogP contribution in [0.1, 0.15) is 6.42 Å². The van der Waals surface area contributed by atoms with Gasteiger partial charge in [0.2, 0.25) is 0 Å². The van der Waals surface area contributed by atoms with Crippen LogP contribution < -0.4 is 0 Å². The first-order chi connectivity index (χ1) is 3.88. The third kappa shape index (κ3) is 0.730. The molecule has 0 aromatic heterocycles. The summed E-state index contributed by atoms with van der Waals surface area (Å²) in [6.45, 7) is 0. The fourth-order valence-corrected chi connectivity index (χ4v) is 0.892. The zero-order chi connectivity index (χ0) is 7.28. The van der Waals surface area contributed by atoms with Crippen LogP contribution in [0.4, 0.5) is 13.2 Å². The van der Waals surface area contributed by atoms with Gasteiger partial charge in [0.05, 0.1) is 0 Å². The monoisotopic (exact) mass is 160 g/mol. The Morgan fingerprint density at radius 2 is 1.89 bits per heavy atom.